The van der Waals surface area contributed by atoms with Crippen LogP contribution in [0, 0.1) is 0 Å². The number of para-hydroxylation sites is 4. The highest BCUT2D eigenvalue weighted by Gasteiger charge is 2.14. The van der Waals surface area contributed by atoms with Gasteiger partial charge < -0.3 is 34.0 Å². The molecule has 240 valence electrons. The van der Waals surface area contributed by atoms with E-state index < -0.39 is 0 Å². The van der Waals surface area contributed by atoms with Crippen LogP contribution in [-0.4, -0.2) is 26.5 Å². The first-order valence-electron chi connectivity index (χ1n) is 15.7. The zero-order valence-corrected chi connectivity index (χ0v) is 30.0. The second kappa shape index (κ2) is 17.5. The van der Waals surface area contributed by atoms with Crippen molar-refractivity contribution >= 4 is 45.6 Å². The summed E-state index contributed by atoms with van der Waals surface area (Å²) < 4.78 is 4.74. The van der Waals surface area contributed by atoms with Crippen molar-refractivity contribution in [1.82, 2.24) is 0 Å². The topological polar surface area (TPSA) is 39.0 Å². The van der Waals surface area contributed by atoms with Crippen molar-refractivity contribution in [2.45, 2.75) is 32.4 Å². The lowest BCUT2D eigenvalue weighted by atomic mass is 10.1. The van der Waals surface area contributed by atoms with Gasteiger partial charge in [-0.05, 0) is 42.8 Å². The molecule has 0 amide bonds. The molecule has 6 aromatic rings. The Bertz CT molecular complexity index is 1790. The third-order valence-corrected chi connectivity index (χ3v) is 8.21. The number of fused-ring (bicyclic) bond motifs is 2. The number of unbranched alkanes of at least 4 members (excludes halogenated alkanes) is 2. The Hall–Kier alpha value is -4.40. The number of aromatic nitrogens is 2. The lowest BCUT2D eigenvalue weighted by molar-refractivity contribution is -0.675. The summed E-state index contributed by atoms with van der Waals surface area (Å²) in [5.41, 5.74) is 6.83. The highest BCUT2D eigenvalue weighted by molar-refractivity contribution is 5.97. The Kier molecular flexibility index (Phi) is 13.2. The summed E-state index contributed by atoms with van der Waals surface area (Å²) in [4.78, 5) is 0. The van der Waals surface area contributed by atoms with E-state index in [-0.39, 0.29) is 34.0 Å². The van der Waals surface area contributed by atoms with Gasteiger partial charge in [0.25, 0.3) is 0 Å². The van der Waals surface area contributed by atoms with E-state index in [4.69, 9.17) is 10.2 Å². The van der Waals surface area contributed by atoms with Gasteiger partial charge in [0.1, 0.15) is 13.1 Å². The maximum atomic E-state index is 4.70. The van der Waals surface area contributed by atoms with Crippen molar-refractivity contribution < 1.29 is 43.1 Å². The van der Waals surface area contributed by atoms with E-state index in [2.05, 4.69) is 106 Å². The summed E-state index contributed by atoms with van der Waals surface area (Å²) in [7, 11) is 3.96. The van der Waals surface area contributed by atoms with Gasteiger partial charge in [0, 0.05) is 62.3 Å². The second-order valence-electron chi connectivity index (χ2n) is 11.2. The minimum atomic E-state index is 0. The molecule has 0 aliphatic rings. The number of hydrogen-bond acceptors (Lipinski definition) is 4. The van der Waals surface area contributed by atoms with Crippen molar-refractivity contribution in [3.05, 3.63) is 145 Å². The molecule has 0 spiro atoms. The molecule has 4 aromatic carbocycles. The van der Waals surface area contributed by atoms with E-state index in [1.54, 1.807) is 0 Å². The van der Waals surface area contributed by atoms with Gasteiger partial charge in [0.15, 0.2) is 12.4 Å². The number of nitrogens with zero attached hydrogens (tertiary/aromatic N) is 6. The molecule has 0 fully saturated rings. The lowest BCUT2D eigenvalue weighted by Crippen LogP contribution is -3.00. The van der Waals surface area contributed by atoms with Gasteiger partial charge in [0.05, 0.1) is 34.6 Å². The van der Waals surface area contributed by atoms with Crippen LogP contribution < -0.4 is 53.1 Å². The number of hydrazone groups is 2. The van der Waals surface area contributed by atoms with Crippen LogP contribution in [0.1, 0.15) is 30.4 Å². The molecule has 2 heterocycles. The molecule has 0 aliphatic carbocycles. The second-order valence-corrected chi connectivity index (χ2v) is 11.2. The van der Waals surface area contributed by atoms with Crippen LogP contribution in [0.2, 0.25) is 0 Å². The molecule has 0 unspecified atom stereocenters. The van der Waals surface area contributed by atoms with Crippen LogP contribution in [0.25, 0.3) is 21.8 Å². The minimum absolute atomic E-state index is 0. The number of hydrogen-bond donors (Lipinski definition) is 0. The van der Waals surface area contributed by atoms with Gasteiger partial charge in [-0.1, -0.05) is 60.7 Å². The highest BCUT2D eigenvalue weighted by Crippen LogP contribution is 2.18. The number of aryl methyl sites for hydroxylation is 2. The minimum Gasteiger partial charge on any atom is -1.00 e. The van der Waals surface area contributed by atoms with Gasteiger partial charge in [-0.15, -0.1) is 0 Å². The van der Waals surface area contributed by atoms with E-state index in [0.29, 0.717) is 0 Å². The SMILES string of the molecule is CN(/N=C/c1cc[n+](CCCCC[n+]2ccc(/C=N/N(C)c3ccccc3)c3ccccc32)c2ccccc12)c1ccccc1.[Br-].[Br-]. The Morgan fingerprint density at radius 2 is 0.872 bits per heavy atom. The van der Waals surface area contributed by atoms with E-state index in [0.717, 1.165) is 54.9 Å². The number of pyridine rings is 2. The van der Waals surface area contributed by atoms with Gasteiger partial charge in [-0.2, -0.15) is 19.3 Å². The van der Waals surface area contributed by atoms with Gasteiger partial charge in [-0.25, -0.2) is 0 Å². The van der Waals surface area contributed by atoms with E-state index in [9.17, 15) is 0 Å². The maximum Gasteiger partial charge on any atom is 0.213 e. The van der Waals surface area contributed by atoms with Crippen LogP contribution in [0.15, 0.2) is 144 Å². The van der Waals surface area contributed by atoms with E-state index in [1.165, 1.54) is 21.8 Å². The fraction of sp³-hybridized carbons (Fsp3) is 0.179. The van der Waals surface area contributed by atoms with Crippen molar-refractivity contribution in [2.24, 2.45) is 10.2 Å². The lowest BCUT2D eigenvalue weighted by Gasteiger charge is -2.12. The van der Waals surface area contributed by atoms with Crippen molar-refractivity contribution in [1.29, 1.82) is 0 Å². The highest BCUT2D eigenvalue weighted by atomic mass is 79.9. The molecule has 0 bridgehead atoms. The van der Waals surface area contributed by atoms with Crippen LogP contribution in [0.3, 0.4) is 0 Å². The van der Waals surface area contributed by atoms with Crippen LogP contribution >= 0.6 is 0 Å². The molecule has 8 heteroatoms. The summed E-state index contributed by atoms with van der Waals surface area (Å²) in [6.07, 6.45) is 11.7. The first kappa shape index (κ1) is 35.5. The summed E-state index contributed by atoms with van der Waals surface area (Å²) >= 11 is 0. The standard InChI is InChI=1S/C39H40N6.2BrH/c1-42(34-16-6-3-7-17-34)40-30-32-24-28-44(38-22-12-10-20-36(32)38)26-14-5-15-27-45-29-25-33(37-21-11-13-23-39(37)45)31-41-43(2)35-18-8-4-9-19-35;;/h3-4,6-13,16-25,28-31H,5,14-15,26-27H2,1-2H3;2*1H/q+2;;/p-2. The number of anilines is 2. The Morgan fingerprint density at radius 1 is 0.489 bits per heavy atom. The maximum absolute atomic E-state index is 4.70. The molecule has 0 N–H and O–H groups in total. The van der Waals surface area contributed by atoms with E-state index in [1.807, 2.05) is 72.9 Å². The predicted molar refractivity (Wildman–Crippen MR) is 187 cm³/mol. The molecule has 6 rings (SSSR count). The monoisotopic (exact) mass is 750 g/mol. The number of rotatable bonds is 12. The number of halogens is 2. The fourth-order valence-electron chi connectivity index (χ4n) is 5.69. The predicted octanol–water partition coefficient (Wildman–Crippen LogP) is 1.39. The quantitative estimate of drug-likeness (QED) is 0.0822. The molecule has 2 aromatic heterocycles. The van der Waals surface area contributed by atoms with Crippen LogP contribution in [0.5, 0.6) is 0 Å². The van der Waals surface area contributed by atoms with Crippen molar-refractivity contribution in [3.8, 4) is 0 Å². The summed E-state index contributed by atoms with van der Waals surface area (Å²) in [6.45, 7) is 1.97. The molecule has 0 aliphatic heterocycles. The molecule has 0 radical (unpaired) electrons. The molecule has 0 saturated heterocycles. The van der Waals surface area contributed by atoms with Gasteiger partial charge >= 0.3 is 0 Å². The Balaban J connectivity index is 0.00000250. The summed E-state index contributed by atoms with van der Waals surface area (Å²) in [6, 6.07) is 42.0. The Morgan fingerprint density at radius 3 is 1.30 bits per heavy atom. The molecule has 0 atom stereocenters. The third-order valence-electron chi connectivity index (χ3n) is 8.21. The first-order chi connectivity index (χ1) is 22.2. The molecule has 6 nitrogen and oxygen atoms in total. The molecular weight excluding hydrogens is 712 g/mol. The first-order valence-corrected chi connectivity index (χ1v) is 15.7. The average molecular weight is 753 g/mol. The number of benzene rings is 4. The summed E-state index contributed by atoms with van der Waals surface area (Å²) in [5, 5.41) is 15.6. The van der Waals surface area contributed by atoms with E-state index >= 15 is 0 Å². The zero-order valence-electron chi connectivity index (χ0n) is 26.8. The fourth-order valence-corrected chi connectivity index (χ4v) is 5.69. The van der Waals surface area contributed by atoms with Crippen LogP contribution in [0.4, 0.5) is 11.4 Å². The van der Waals surface area contributed by atoms with Gasteiger partial charge in [-0.3, -0.25) is 10.0 Å². The normalized spacial score (nSPS) is 11.1. The third kappa shape index (κ3) is 8.90. The van der Waals surface area contributed by atoms with Gasteiger partial charge in [0.2, 0.25) is 11.0 Å². The zero-order chi connectivity index (χ0) is 30.8. The molecular formula is C39H40Br2N6. The Labute approximate surface area is 298 Å². The van der Waals surface area contributed by atoms with Crippen molar-refractivity contribution in [2.75, 3.05) is 24.1 Å². The average Bonchev–Trinajstić information content (AvgIpc) is 3.10. The largest absolute Gasteiger partial charge is 1.00 e. The smallest absolute Gasteiger partial charge is 0.213 e. The molecule has 0 saturated carbocycles. The molecule has 47 heavy (non-hydrogen) atoms. The van der Waals surface area contributed by atoms with Crippen molar-refractivity contribution in [3.63, 3.8) is 0 Å². The van der Waals surface area contributed by atoms with Crippen LogP contribution in [-0.2, 0) is 13.1 Å². The summed E-state index contributed by atoms with van der Waals surface area (Å²) in [5.74, 6) is 0.